The predicted octanol–water partition coefficient (Wildman–Crippen LogP) is -0.529. The van der Waals surface area contributed by atoms with E-state index in [1.54, 1.807) is 0 Å². The molecule has 0 spiro atoms. The van der Waals surface area contributed by atoms with E-state index in [0.29, 0.717) is 0 Å². The van der Waals surface area contributed by atoms with Crippen LogP contribution in [0.5, 0.6) is 0 Å². The number of primary amides is 1. The van der Waals surface area contributed by atoms with Gasteiger partial charge in [-0.3, -0.25) is 4.79 Å². The largest absolute Gasteiger partial charge is 0.365 e. The normalized spacial score (nSPS) is 6.40. The summed E-state index contributed by atoms with van der Waals surface area (Å²) in [6, 6.07) is 0. The van der Waals surface area contributed by atoms with Crippen LogP contribution in [0.15, 0.2) is 0 Å². The third-order valence-corrected chi connectivity index (χ3v) is 0.348. The highest BCUT2D eigenvalue weighted by Crippen LogP contribution is 1.42. The molecule has 0 rings (SSSR count). The van der Waals surface area contributed by atoms with Gasteiger partial charge in [-0.15, -0.1) is 0 Å². The average Bonchev–Trinajstić information content (AvgIpc) is 1.38. The van der Waals surface area contributed by atoms with Crippen LogP contribution in [0.2, 0.25) is 0 Å². The van der Waals surface area contributed by atoms with Crippen LogP contribution in [-0.4, -0.2) is 11.3 Å². The molecule has 1 amide bonds. The van der Waals surface area contributed by atoms with Crippen molar-refractivity contribution in [3.63, 3.8) is 0 Å². The van der Waals surface area contributed by atoms with E-state index >= 15 is 0 Å². The zero-order chi connectivity index (χ0) is 4.28. The average molecular weight is 89.1 g/mol. The van der Waals surface area contributed by atoms with Crippen LogP contribution < -0.4 is 5.73 Å². The molecular formula is C2H3NOS. The topological polar surface area (TPSA) is 43.1 Å². The third kappa shape index (κ3) is 3.56. The molecule has 0 saturated carbocycles. The van der Waals surface area contributed by atoms with Crippen molar-refractivity contribution in [1.29, 1.82) is 0 Å². The Balaban J connectivity index is 3.20. The standard InChI is InChI=1S/C2H3NOS/c3-2(4)1-5/h1H,(H2,3,4). The lowest BCUT2D eigenvalue weighted by Gasteiger charge is -1.63. The van der Waals surface area contributed by atoms with Crippen LogP contribution in [0.4, 0.5) is 0 Å². The van der Waals surface area contributed by atoms with Crippen molar-refractivity contribution in [2.24, 2.45) is 5.73 Å². The van der Waals surface area contributed by atoms with Gasteiger partial charge in [-0.2, -0.15) is 0 Å². The van der Waals surface area contributed by atoms with Gasteiger partial charge < -0.3 is 5.73 Å². The van der Waals surface area contributed by atoms with Crippen molar-refractivity contribution in [2.75, 3.05) is 0 Å². The maximum atomic E-state index is 9.43. The Morgan fingerprint density at radius 2 is 2.20 bits per heavy atom. The number of rotatable bonds is 1. The number of nitrogens with two attached hydrogens (primary N) is 1. The molecule has 0 unspecified atom stereocenters. The van der Waals surface area contributed by atoms with Crippen LogP contribution in [0.3, 0.4) is 0 Å². The molecule has 0 aliphatic rings. The van der Waals surface area contributed by atoms with Crippen LogP contribution in [-0.2, 0) is 4.79 Å². The molecule has 3 heteroatoms. The Kier molecular flexibility index (Phi) is 1.68. The summed E-state index contributed by atoms with van der Waals surface area (Å²) < 4.78 is 0. The first-order valence-corrected chi connectivity index (χ1v) is 1.49. The quantitative estimate of drug-likeness (QED) is 0.439. The monoisotopic (exact) mass is 89.0 g/mol. The molecule has 0 bridgehead atoms. The number of hydrogen-bond acceptors (Lipinski definition) is 2. The fraction of sp³-hybridized carbons (Fsp3) is 0. The molecule has 0 atom stereocenters. The van der Waals surface area contributed by atoms with E-state index in [4.69, 9.17) is 0 Å². The van der Waals surface area contributed by atoms with Gasteiger partial charge in [0.15, 0.2) is 0 Å². The summed E-state index contributed by atoms with van der Waals surface area (Å²) in [6.45, 7) is 0. The summed E-state index contributed by atoms with van der Waals surface area (Å²) in [5, 5.41) is 0.889. The molecule has 0 heterocycles. The molecule has 0 saturated heterocycles. The van der Waals surface area contributed by atoms with Gasteiger partial charge in [-0.1, -0.05) is 12.2 Å². The highest BCUT2D eigenvalue weighted by molar-refractivity contribution is 7.80. The Hall–Kier alpha value is -0.440. The van der Waals surface area contributed by atoms with Crippen molar-refractivity contribution in [2.45, 2.75) is 0 Å². The molecule has 2 nitrogen and oxygen atoms in total. The van der Waals surface area contributed by atoms with Crippen molar-refractivity contribution in [3.05, 3.63) is 0 Å². The zero-order valence-corrected chi connectivity index (χ0v) is 3.29. The van der Waals surface area contributed by atoms with E-state index < -0.39 is 5.91 Å². The van der Waals surface area contributed by atoms with E-state index in [0.717, 1.165) is 5.37 Å². The number of carbonyl (C=O) groups is 1. The Morgan fingerprint density at radius 1 is 2.00 bits per heavy atom. The minimum Gasteiger partial charge on any atom is -0.365 e. The second-order valence-electron chi connectivity index (χ2n) is 0.520. The second-order valence-corrected chi connectivity index (χ2v) is 0.756. The minimum absolute atomic E-state index is 0.556. The molecule has 2 N–H and O–H groups in total. The lowest BCUT2D eigenvalue weighted by molar-refractivity contribution is -0.111. The highest BCUT2D eigenvalue weighted by atomic mass is 32.1. The van der Waals surface area contributed by atoms with Crippen LogP contribution in [0, 0.1) is 0 Å². The Morgan fingerprint density at radius 3 is 2.20 bits per heavy atom. The van der Waals surface area contributed by atoms with E-state index in [2.05, 4.69) is 18.0 Å². The fourth-order valence-corrected chi connectivity index (χ4v) is 0. The number of amides is 1. The molecule has 0 aromatic carbocycles. The van der Waals surface area contributed by atoms with E-state index in [-0.39, 0.29) is 0 Å². The third-order valence-electron chi connectivity index (χ3n) is 0.116. The zero-order valence-electron chi connectivity index (χ0n) is 2.47. The maximum absolute atomic E-state index is 9.43. The lowest BCUT2D eigenvalue weighted by atomic mass is 10.8. The molecule has 0 fully saturated rings. The second kappa shape index (κ2) is 1.84. The molecular weight excluding hydrogens is 86.1 g/mol. The van der Waals surface area contributed by atoms with Gasteiger partial charge in [0.2, 0.25) is 0 Å². The van der Waals surface area contributed by atoms with E-state index in [1.165, 1.54) is 0 Å². The first-order valence-electron chi connectivity index (χ1n) is 1.02. The molecule has 5 heavy (non-hydrogen) atoms. The molecule has 0 radical (unpaired) electrons. The van der Waals surface area contributed by atoms with Crippen molar-refractivity contribution < 1.29 is 4.79 Å². The molecule has 0 aromatic rings. The molecule has 28 valence electrons. The van der Waals surface area contributed by atoms with Crippen LogP contribution in [0.25, 0.3) is 0 Å². The first-order chi connectivity index (χ1) is 2.27. The summed E-state index contributed by atoms with van der Waals surface area (Å²) >= 11 is 4.08. The summed E-state index contributed by atoms with van der Waals surface area (Å²) in [5.74, 6) is -0.556. The van der Waals surface area contributed by atoms with Gasteiger partial charge in [0.05, 0.1) is 5.37 Å². The summed E-state index contributed by atoms with van der Waals surface area (Å²) in [4.78, 5) is 9.43. The van der Waals surface area contributed by atoms with Crippen molar-refractivity contribution in [3.8, 4) is 0 Å². The Labute approximate surface area is 35.0 Å². The van der Waals surface area contributed by atoms with Gasteiger partial charge in [0.25, 0.3) is 5.91 Å². The van der Waals surface area contributed by atoms with Gasteiger partial charge in [-0.05, 0) is 0 Å². The first kappa shape index (κ1) is 4.56. The van der Waals surface area contributed by atoms with Gasteiger partial charge in [0.1, 0.15) is 0 Å². The van der Waals surface area contributed by atoms with Gasteiger partial charge in [0, 0.05) is 0 Å². The number of carbonyl (C=O) groups excluding carboxylic acids is 1. The van der Waals surface area contributed by atoms with Crippen molar-refractivity contribution in [1.82, 2.24) is 0 Å². The summed E-state index contributed by atoms with van der Waals surface area (Å²) in [6.07, 6.45) is 0. The minimum atomic E-state index is -0.556. The fourth-order valence-electron chi connectivity index (χ4n) is 0. The lowest BCUT2D eigenvalue weighted by Crippen LogP contribution is -2.09. The summed E-state index contributed by atoms with van der Waals surface area (Å²) in [7, 11) is 0. The highest BCUT2D eigenvalue weighted by Gasteiger charge is 1.72. The predicted molar refractivity (Wildman–Crippen MR) is 22.8 cm³/mol. The molecule has 0 aliphatic heterocycles. The van der Waals surface area contributed by atoms with Gasteiger partial charge in [-0.25, -0.2) is 0 Å². The SMILES string of the molecule is NC(=O)C=S. The Bertz CT molecular complexity index is 60.7. The molecule has 0 aliphatic carbocycles. The van der Waals surface area contributed by atoms with Crippen LogP contribution >= 0.6 is 12.2 Å². The van der Waals surface area contributed by atoms with E-state index in [1.807, 2.05) is 0 Å². The number of hydrogen-bond donors (Lipinski definition) is 1. The maximum Gasteiger partial charge on any atom is 0.252 e. The smallest absolute Gasteiger partial charge is 0.252 e. The van der Waals surface area contributed by atoms with Crippen molar-refractivity contribution >= 4 is 23.5 Å². The van der Waals surface area contributed by atoms with Crippen LogP contribution in [0.1, 0.15) is 0 Å². The van der Waals surface area contributed by atoms with E-state index in [9.17, 15) is 4.79 Å². The summed E-state index contributed by atoms with van der Waals surface area (Å²) in [5.41, 5.74) is 4.49. The molecule has 0 aromatic heterocycles. The number of thiocarbonyl (C=S) groups is 1. The van der Waals surface area contributed by atoms with Gasteiger partial charge >= 0.3 is 0 Å².